The van der Waals surface area contributed by atoms with Gasteiger partial charge in [-0.1, -0.05) is 12.6 Å². The largest absolute Gasteiger partial charge is 0.305 e. The summed E-state index contributed by atoms with van der Waals surface area (Å²) >= 11 is 0. The molecule has 1 atom stereocenters. The molecule has 0 bridgehead atoms. The Bertz CT molecular complexity index is 610. The zero-order valence-electron chi connectivity index (χ0n) is 10.8. The Morgan fingerprint density at radius 1 is 1.44 bits per heavy atom. The molecule has 96 valence electrons. The number of fused-ring (bicyclic) bond motifs is 1. The first-order valence-electron chi connectivity index (χ1n) is 5.69. The summed E-state index contributed by atoms with van der Waals surface area (Å²) in [4.78, 5) is 0. The quantitative estimate of drug-likeness (QED) is 0.894. The number of aromatic amines is 1. The van der Waals surface area contributed by atoms with E-state index in [-0.39, 0.29) is 4.75 Å². The number of hydrogen-bond donors (Lipinski definition) is 2. The van der Waals surface area contributed by atoms with E-state index < -0.39 is 11.0 Å². The fourth-order valence-corrected chi connectivity index (χ4v) is 2.10. The Balaban J connectivity index is 2.21. The Morgan fingerprint density at radius 2 is 2.17 bits per heavy atom. The van der Waals surface area contributed by atoms with Crippen LogP contribution in [0.2, 0.25) is 0 Å². The summed E-state index contributed by atoms with van der Waals surface area (Å²) in [5, 5.41) is 7.87. The Morgan fingerprint density at radius 3 is 2.83 bits per heavy atom. The van der Waals surface area contributed by atoms with Gasteiger partial charge in [0, 0.05) is 11.1 Å². The summed E-state index contributed by atoms with van der Waals surface area (Å²) in [5.74, 6) is 0. The molecule has 1 aromatic carbocycles. The lowest BCUT2D eigenvalue weighted by molar-refractivity contribution is 0.645. The number of rotatable bonds is 3. The maximum atomic E-state index is 12.0. The second-order valence-corrected chi connectivity index (χ2v) is 7.10. The Hall–Kier alpha value is -1.62. The highest BCUT2D eigenvalue weighted by atomic mass is 32.2. The van der Waals surface area contributed by atoms with Gasteiger partial charge in [0.2, 0.25) is 0 Å². The Kier molecular flexibility index (Phi) is 3.26. The molecule has 4 nitrogen and oxygen atoms in total. The third kappa shape index (κ3) is 2.61. The molecule has 0 saturated heterocycles. The standard InChI is InChI=1S/C13H17N3OS/c1-9(16-18(17)13(2,3)4)10-5-6-12-11(7-10)8-14-15-12/h5-8,16H,1H2,2-4H3,(H,14,15). The summed E-state index contributed by atoms with van der Waals surface area (Å²) in [7, 11) is -1.17. The molecule has 1 heterocycles. The highest BCUT2D eigenvalue weighted by Crippen LogP contribution is 2.19. The van der Waals surface area contributed by atoms with Gasteiger partial charge in [0.05, 0.1) is 16.5 Å². The van der Waals surface area contributed by atoms with E-state index in [4.69, 9.17) is 0 Å². The second kappa shape index (κ2) is 4.57. The van der Waals surface area contributed by atoms with E-state index in [1.54, 1.807) is 6.20 Å². The normalized spacial score (nSPS) is 13.5. The van der Waals surface area contributed by atoms with Crippen LogP contribution in [0.1, 0.15) is 26.3 Å². The molecular formula is C13H17N3OS. The van der Waals surface area contributed by atoms with Crippen LogP contribution in [0.5, 0.6) is 0 Å². The van der Waals surface area contributed by atoms with Crippen LogP contribution in [-0.2, 0) is 11.0 Å². The zero-order valence-corrected chi connectivity index (χ0v) is 11.6. The van der Waals surface area contributed by atoms with Crippen LogP contribution < -0.4 is 4.72 Å². The molecule has 5 heteroatoms. The smallest absolute Gasteiger partial charge is 0.122 e. The van der Waals surface area contributed by atoms with Gasteiger partial charge in [-0.05, 0) is 38.5 Å². The number of nitrogens with one attached hydrogen (secondary N) is 2. The van der Waals surface area contributed by atoms with Crippen molar-refractivity contribution in [1.82, 2.24) is 14.9 Å². The average Bonchev–Trinajstić information content (AvgIpc) is 2.74. The topological polar surface area (TPSA) is 57.8 Å². The van der Waals surface area contributed by atoms with Crippen LogP contribution >= 0.6 is 0 Å². The highest BCUT2D eigenvalue weighted by molar-refractivity contribution is 7.84. The summed E-state index contributed by atoms with van der Waals surface area (Å²) < 4.78 is 14.6. The number of nitrogens with zero attached hydrogens (tertiary/aromatic N) is 1. The van der Waals surface area contributed by atoms with Crippen LogP contribution in [0.4, 0.5) is 0 Å². The SMILES string of the molecule is C=C(NS(=O)C(C)(C)C)c1ccc2[nH]ncc2c1. The van der Waals surface area contributed by atoms with Crippen LogP contribution in [0.25, 0.3) is 16.6 Å². The lowest BCUT2D eigenvalue weighted by Gasteiger charge is -2.20. The van der Waals surface area contributed by atoms with Crippen molar-refractivity contribution in [3.63, 3.8) is 0 Å². The summed E-state index contributed by atoms with van der Waals surface area (Å²) in [5.41, 5.74) is 2.55. The van der Waals surface area contributed by atoms with Crippen molar-refractivity contribution in [2.24, 2.45) is 0 Å². The molecule has 0 aliphatic heterocycles. The number of H-pyrrole nitrogens is 1. The van der Waals surface area contributed by atoms with E-state index in [1.807, 2.05) is 39.0 Å². The highest BCUT2D eigenvalue weighted by Gasteiger charge is 2.20. The van der Waals surface area contributed by atoms with E-state index >= 15 is 0 Å². The number of hydrogen-bond acceptors (Lipinski definition) is 2. The monoisotopic (exact) mass is 263 g/mol. The van der Waals surface area contributed by atoms with E-state index in [0.29, 0.717) is 5.70 Å². The van der Waals surface area contributed by atoms with Crippen LogP contribution in [0, 0.1) is 0 Å². The molecule has 2 rings (SSSR count). The van der Waals surface area contributed by atoms with E-state index in [1.165, 1.54) is 0 Å². The summed E-state index contributed by atoms with van der Waals surface area (Å²) in [6.07, 6.45) is 1.76. The van der Waals surface area contributed by atoms with Crippen molar-refractivity contribution in [1.29, 1.82) is 0 Å². The fourth-order valence-electron chi connectivity index (χ4n) is 1.45. The molecule has 2 N–H and O–H groups in total. The van der Waals surface area contributed by atoms with Gasteiger partial charge in [0.1, 0.15) is 11.0 Å². The minimum absolute atomic E-state index is 0.317. The molecule has 1 unspecified atom stereocenters. The van der Waals surface area contributed by atoms with E-state index in [9.17, 15) is 4.21 Å². The van der Waals surface area contributed by atoms with Gasteiger partial charge in [-0.3, -0.25) is 5.10 Å². The Labute approximate surface area is 109 Å². The summed E-state index contributed by atoms with van der Waals surface area (Å²) in [6.45, 7) is 9.69. The molecule has 0 amide bonds. The first-order chi connectivity index (χ1) is 8.38. The van der Waals surface area contributed by atoms with Crippen LogP contribution in [0.3, 0.4) is 0 Å². The van der Waals surface area contributed by atoms with Crippen molar-refractivity contribution in [3.8, 4) is 0 Å². The first-order valence-corrected chi connectivity index (χ1v) is 6.84. The van der Waals surface area contributed by atoms with Crippen molar-refractivity contribution in [2.75, 3.05) is 0 Å². The predicted octanol–water partition coefficient (Wildman–Crippen LogP) is 2.59. The van der Waals surface area contributed by atoms with Gasteiger partial charge in [-0.15, -0.1) is 0 Å². The van der Waals surface area contributed by atoms with Gasteiger partial charge in [0.25, 0.3) is 0 Å². The van der Waals surface area contributed by atoms with Gasteiger partial charge in [-0.25, -0.2) is 4.21 Å². The molecule has 0 saturated carbocycles. The fraction of sp³-hybridized carbons (Fsp3) is 0.308. The minimum atomic E-state index is -1.17. The van der Waals surface area contributed by atoms with Crippen molar-refractivity contribution in [3.05, 3.63) is 36.5 Å². The van der Waals surface area contributed by atoms with E-state index in [0.717, 1.165) is 16.5 Å². The molecule has 0 fully saturated rings. The predicted molar refractivity (Wildman–Crippen MR) is 76.2 cm³/mol. The van der Waals surface area contributed by atoms with Gasteiger partial charge >= 0.3 is 0 Å². The lowest BCUT2D eigenvalue weighted by atomic mass is 10.1. The molecule has 18 heavy (non-hydrogen) atoms. The molecule has 0 aliphatic rings. The van der Waals surface area contributed by atoms with Crippen LogP contribution in [-0.4, -0.2) is 19.2 Å². The van der Waals surface area contributed by atoms with Gasteiger partial charge < -0.3 is 4.72 Å². The van der Waals surface area contributed by atoms with Crippen molar-refractivity contribution < 1.29 is 4.21 Å². The molecular weight excluding hydrogens is 246 g/mol. The first kappa shape index (κ1) is 12.8. The molecule has 0 aliphatic carbocycles. The minimum Gasteiger partial charge on any atom is -0.305 e. The third-order valence-corrected chi connectivity index (χ3v) is 4.10. The lowest BCUT2D eigenvalue weighted by Crippen LogP contribution is -2.32. The van der Waals surface area contributed by atoms with Gasteiger partial charge in [-0.2, -0.15) is 5.10 Å². The molecule has 1 aromatic heterocycles. The van der Waals surface area contributed by atoms with Gasteiger partial charge in [0.15, 0.2) is 0 Å². The molecule has 0 radical (unpaired) electrons. The maximum Gasteiger partial charge on any atom is 0.122 e. The molecule has 2 aromatic rings. The average molecular weight is 263 g/mol. The second-order valence-electron chi connectivity index (χ2n) is 5.13. The van der Waals surface area contributed by atoms with Crippen LogP contribution in [0.15, 0.2) is 31.0 Å². The van der Waals surface area contributed by atoms with E-state index in [2.05, 4.69) is 21.5 Å². The number of benzene rings is 1. The number of aromatic nitrogens is 2. The third-order valence-electron chi connectivity index (χ3n) is 2.56. The zero-order chi connectivity index (χ0) is 13.3. The molecule has 0 spiro atoms. The van der Waals surface area contributed by atoms with Crippen molar-refractivity contribution >= 4 is 27.6 Å². The summed E-state index contributed by atoms with van der Waals surface area (Å²) in [6, 6.07) is 5.83. The maximum absolute atomic E-state index is 12.0. The van der Waals surface area contributed by atoms with Crippen molar-refractivity contribution in [2.45, 2.75) is 25.5 Å².